The first-order chi connectivity index (χ1) is 4.93. The second kappa shape index (κ2) is 2.22. The molecule has 0 spiro atoms. The highest BCUT2D eigenvalue weighted by atomic mass is 16.6. The van der Waals surface area contributed by atoms with E-state index in [1.54, 1.807) is 13.8 Å². The normalized spacial score (nSPS) is 28.2. The van der Waals surface area contributed by atoms with Crippen LogP contribution >= 0.6 is 0 Å². The number of carboxylic acids is 1. The van der Waals surface area contributed by atoms with Crippen LogP contribution < -0.4 is 0 Å². The number of esters is 1. The Bertz CT molecular complexity index is 206. The molecule has 1 N–H and O–H groups in total. The molecule has 4 heteroatoms. The summed E-state index contributed by atoms with van der Waals surface area (Å²) >= 11 is 0. The van der Waals surface area contributed by atoms with Gasteiger partial charge in [-0.3, -0.25) is 9.59 Å². The second-order valence-corrected chi connectivity index (χ2v) is 3.17. The maximum absolute atomic E-state index is 10.7. The third-order valence-corrected chi connectivity index (χ3v) is 1.88. The van der Waals surface area contributed by atoms with E-state index in [0.717, 1.165) is 0 Å². The minimum atomic E-state index is -0.971. The van der Waals surface area contributed by atoms with Crippen molar-refractivity contribution in [3.8, 4) is 0 Å². The first-order valence-electron chi connectivity index (χ1n) is 3.38. The highest BCUT2D eigenvalue weighted by molar-refractivity contribution is 5.83. The van der Waals surface area contributed by atoms with E-state index in [2.05, 4.69) is 0 Å². The molecule has 4 nitrogen and oxygen atoms in total. The van der Waals surface area contributed by atoms with E-state index in [1.165, 1.54) is 0 Å². The standard InChI is InChI=1S/C7H10O4/c1-7(2)4(6(9)10)3-5(8)11-7/h4H,3H2,1-2H3,(H,9,10). The number of carbonyl (C=O) groups is 2. The van der Waals surface area contributed by atoms with Crippen molar-refractivity contribution in [3.63, 3.8) is 0 Å². The van der Waals surface area contributed by atoms with Gasteiger partial charge < -0.3 is 9.84 Å². The smallest absolute Gasteiger partial charge is 0.311 e. The van der Waals surface area contributed by atoms with Gasteiger partial charge in [0.25, 0.3) is 0 Å². The summed E-state index contributed by atoms with van der Waals surface area (Å²) in [6.07, 6.45) is -0.0116. The molecule has 62 valence electrons. The largest absolute Gasteiger partial charge is 0.481 e. The number of cyclic esters (lactones) is 1. The fourth-order valence-corrected chi connectivity index (χ4v) is 1.20. The van der Waals surface area contributed by atoms with Crippen LogP contribution in [0.25, 0.3) is 0 Å². The number of hydrogen-bond acceptors (Lipinski definition) is 3. The minimum Gasteiger partial charge on any atom is -0.481 e. The van der Waals surface area contributed by atoms with Crippen LogP contribution in [0, 0.1) is 5.92 Å². The predicted octanol–water partition coefficient (Wildman–Crippen LogP) is 0.413. The van der Waals surface area contributed by atoms with Crippen molar-refractivity contribution in [1.82, 2.24) is 0 Å². The number of aliphatic carboxylic acids is 1. The zero-order chi connectivity index (χ0) is 8.65. The van der Waals surface area contributed by atoms with Crippen molar-refractivity contribution < 1.29 is 19.4 Å². The lowest BCUT2D eigenvalue weighted by atomic mass is 9.91. The first-order valence-corrected chi connectivity index (χ1v) is 3.38. The fourth-order valence-electron chi connectivity index (χ4n) is 1.20. The van der Waals surface area contributed by atoms with Crippen LogP contribution in [0.2, 0.25) is 0 Å². The summed E-state index contributed by atoms with van der Waals surface area (Å²) in [6, 6.07) is 0. The number of ether oxygens (including phenoxy) is 1. The molecule has 1 atom stereocenters. The van der Waals surface area contributed by atoms with Gasteiger partial charge in [-0.15, -0.1) is 0 Å². The van der Waals surface area contributed by atoms with Crippen molar-refractivity contribution in [3.05, 3.63) is 0 Å². The third kappa shape index (κ3) is 1.34. The van der Waals surface area contributed by atoms with E-state index in [9.17, 15) is 9.59 Å². The van der Waals surface area contributed by atoms with Crippen LogP contribution in [0.3, 0.4) is 0 Å². The van der Waals surface area contributed by atoms with Gasteiger partial charge in [-0.25, -0.2) is 0 Å². The first kappa shape index (κ1) is 8.04. The molecule has 0 aromatic heterocycles. The monoisotopic (exact) mass is 158 g/mol. The number of hydrogen-bond donors (Lipinski definition) is 1. The van der Waals surface area contributed by atoms with E-state index in [4.69, 9.17) is 9.84 Å². The molecule has 0 amide bonds. The summed E-state index contributed by atoms with van der Waals surface area (Å²) in [5, 5.41) is 8.63. The predicted molar refractivity (Wildman–Crippen MR) is 35.9 cm³/mol. The van der Waals surface area contributed by atoms with Gasteiger partial charge in [0.1, 0.15) is 11.5 Å². The van der Waals surface area contributed by atoms with Crippen molar-refractivity contribution in [2.24, 2.45) is 5.92 Å². The lowest BCUT2D eigenvalue weighted by Crippen LogP contribution is -2.32. The SMILES string of the molecule is CC1(C)OC(=O)CC1C(=O)O. The quantitative estimate of drug-likeness (QED) is 0.561. The summed E-state index contributed by atoms with van der Waals surface area (Å²) < 4.78 is 4.80. The lowest BCUT2D eigenvalue weighted by Gasteiger charge is -2.20. The van der Waals surface area contributed by atoms with Gasteiger partial charge in [-0.2, -0.15) is 0 Å². The maximum atomic E-state index is 10.7. The molecule has 0 aromatic carbocycles. The summed E-state index contributed by atoms with van der Waals surface area (Å²) in [7, 11) is 0. The number of carboxylic acid groups (broad SMARTS) is 1. The van der Waals surface area contributed by atoms with Gasteiger partial charge in [0.05, 0.1) is 6.42 Å². The molecule has 0 aliphatic carbocycles. The van der Waals surface area contributed by atoms with Gasteiger partial charge in [0.15, 0.2) is 0 Å². The van der Waals surface area contributed by atoms with Crippen LogP contribution in [0.15, 0.2) is 0 Å². The van der Waals surface area contributed by atoms with Crippen LogP contribution in [0.5, 0.6) is 0 Å². The van der Waals surface area contributed by atoms with Crippen LogP contribution in [0.4, 0.5) is 0 Å². The second-order valence-electron chi connectivity index (χ2n) is 3.17. The zero-order valence-corrected chi connectivity index (χ0v) is 6.46. The van der Waals surface area contributed by atoms with E-state index in [-0.39, 0.29) is 6.42 Å². The van der Waals surface area contributed by atoms with Gasteiger partial charge in [0.2, 0.25) is 0 Å². The molecule has 0 bridgehead atoms. The molecule has 1 fully saturated rings. The summed E-state index contributed by atoms with van der Waals surface area (Å²) in [6.45, 7) is 3.22. The maximum Gasteiger partial charge on any atom is 0.311 e. The fraction of sp³-hybridized carbons (Fsp3) is 0.714. The molecule has 1 unspecified atom stereocenters. The molecule has 0 radical (unpaired) electrons. The molecule has 0 saturated carbocycles. The van der Waals surface area contributed by atoms with Crippen molar-refractivity contribution >= 4 is 11.9 Å². The molecular weight excluding hydrogens is 148 g/mol. The van der Waals surface area contributed by atoms with Crippen LogP contribution in [-0.4, -0.2) is 22.6 Å². The molecular formula is C7H10O4. The summed E-state index contributed by atoms with van der Waals surface area (Å²) in [4.78, 5) is 21.2. The van der Waals surface area contributed by atoms with Crippen molar-refractivity contribution in [2.45, 2.75) is 25.9 Å². The summed E-state index contributed by atoms with van der Waals surface area (Å²) in [5.74, 6) is -2.10. The Morgan fingerprint density at radius 2 is 2.27 bits per heavy atom. The van der Waals surface area contributed by atoms with Crippen molar-refractivity contribution in [1.29, 1.82) is 0 Å². The lowest BCUT2D eigenvalue weighted by molar-refractivity contribution is -0.150. The molecule has 1 heterocycles. The Hall–Kier alpha value is -1.06. The minimum absolute atomic E-state index is 0.0116. The molecule has 1 aliphatic rings. The Balaban J connectivity index is 2.82. The topological polar surface area (TPSA) is 63.6 Å². The Labute approximate surface area is 64.2 Å². The number of carbonyl (C=O) groups excluding carboxylic acids is 1. The average Bonchev–Trinajstić information content (AvgIpc) is 2.04. The number of rotatable bonds is 1. The van der Waals surface area contributed by atoms with E-state index >= 15 is 0 Å². The Morgan fingerprint density at radius 3 is 2.45 bits per heavy atom. The van der Waals surface area contributed by atoms with E-state index in [0.29, 0.717) is 0 Å². The highest BCUT2D eigenvalue weighted by Crippen LogP contribution is 2.32. The third-order valence-electron chi connectivity index (χ3n) is 1.88. The molecule has 1 aliphatic heterocycles. The van der Waals surface area contributed by atoms with E-state index in [1.807, 2.05) is 0 Å². The summed E-state index contributed by atoms with van der Waals surface area (Å²) in [5.41, 5.74) is -0.844. The Kier molecular flexibility index (Phi) is 1.62. The molecule has 1 saturated heterocycles. The van der Waals surface area contributed by atoms with Gasteiger partial charge in [-0.1, -0.05) is 0 Å². The zero-order valence-electron chi connectivity index (χ0n) is 6.46. The van der Waals surface area contributed by atoms with E-state index < -0.39 is 23.5 Å². The van der Waals surface area contributed by atoms with Gasteiger partial charge in [0, 0.05) is 0 Å². The molecule has 0 aromatic rings. The Morgan fingerprint density at radius 1 is 1.73 bits per heavy atom. The van der Waals surface area contributed by atoms with Crippen LogP contribution in [-0.2, 0) is 14.3 Å². The van der Waals surface area contributed by atoms with Gasteiger partial charge >= 0.3 is 11.9 Å². The molecule has 11 heavy (non-hydrogen) atoms. The van der Waals surface area contributed by atoms with Crippen LogP contribution in [0.1, 0.15) is 20.3 Å². The molecule has 1 rings (SSSR count). The average molecular weight is 158 g/mol. The van der Waals surface area contributed by atoms with Crippen molar-refractivity contribution in [2.75, 3.05) is 0 Å². The van der Waals surface area contributed by atoms with Gasteiger partial charge in [-0.05, 0) is 13.8 Å². The highest BCUT2D eigenvalue weighted by Gasteiger charge is 2.46.